The number of nitrogens with zero attached hydrogens (tertiary/aromatic N) is 2. The SMILES string of the molecule is COC(=O)C=C(N(C)C)N1CCCCC1. The molecule has 4 nitrogen and oxygen atoms in total. The van der Waals surface area contributed by atoms with Crippen molar-refractivity contribution in [1.29, 1.82) is 0 Å². The van der Waals surface area contributed by atoms with Gasteiger partial charge in [-0.3, -0.25) is 0 Å². The highest BCUT2D eigenvalue weighted by molar-refractivity contribution is 5.82. The highest BCUT2D eigenvalue weighted by Crippen LogP contribution is 2.15. The van der Waals surface area contributed by atoms with E-state index in [2.05, 4.69) is 9.64 Å². The normalized spacial score (nSPS) is 17.5. The zero-order chi connectivity index (χ0) is 11.3. The van der Waals surface area contributed by atoms with Crippen LogP contribution in [0.15, 0.2) is 11.9 Å². The topological polar surface area (TPSA) is 32.8 Å². The van der Waals surface area contributed by atoms with Crippen molar-refractivity contribution in [2.75, 3.05) is 34.3 Å². The van der Waals surface area contributed by atoms with Gasteiger partial charge < -0.3 is 14.5 Å². The predicted molar refractivity (Wildman–Crippen MR) is 59.2 cm³/mol. The van der Waals surface area contributed by atoms with Crippen LogP contribution in [0, 0.1) is 0 Å². The first-order chi connectivity index (χ1) is 7.15. The molecule has 1 aliphatic heterocycles. The fraction of sp³-hybridized carbons (Fsp3) is 0.727. The minimum atomic E-state index is -0.288. The first-order valence-corrected chi connectivity index (χ1v) is 5.37. The van der Waals surface area contributed by atoms with Gasteiger partial charge in [-0.25, -0.2) is 4.79 Å². The Labute approximate surface area is 91.5 Å². The summed E-state index contributed by atoms with van der Waals surface area (Å²) in [6.07, 6.45) is 5.25. The van der Waals surface area contributed by atoms with Gasteiger partial charge in [-0.1, -0.05) is 0 Å². The monoisotopic (exact) mass is 212 g/mol. The van der Waals surface area contributed by atoms with Crippen LogP contribution < -0.4 is 0 Å². The third kappa shape index (κ3) is 3.46. The van der Waals surface area contributed by atoms with Crippen LogP contribution in [0.1, 0.15) is 19.3 Å². The maximum atomic E-state index is 11.2. The Morgan fingerprint density at radius 3 is 2.33 bits per heavy atom. The van der Waals surface area contributed by atoms with Crippen molar-refractivity contribution in [3.8, 4) is 0 Å². The van der Waals surface area contributed by atoms with Crippen LogP contribution >= 0.6 is 0 Å². The van der Waals surface area contributed by atoms with Gasteiger partial charge in [-0.15, -0.1) is 0 Å². The van der Waals surface area contributed by atoms with Crippen molar-refractivity contribution in [3.63, 3.8) is 0 Å². The predicted octanol–water partition coefficient (Wildman–Crippen LogP) is 1.05. The Bertz CT molecular complexity index is 243. The highest BCUT2D eigenvalue weighted by Gasteiger charge is 2.16. The molecule has 1 aliphatic rings. The Kier molecular flexibility index (Phi) is 4.46. The lowest BCUT2D eigenvalue weighted by Crippen LogP contribution is -2.35. The van der Waals surface area contributed by atoms with Crippen molar-refractivity contribution in [1.82, 2.24) is 9.80 Å². The quantitative estimate of drug-likeness (QED) is 0.517. The van der Waals surface area contributed by atoms with Crippen molar-refractivity contribution in [3.05, 3.63) is 11.9 Å². The van der Waals surface area contributed by atoms with Crippen LogP contribution in [0.2, 0.25) is 0 Å². The van der Waals surface area contributed by atoms with E-state index >= 15 is 0 Å². The molecule has 0 aliphatic carbocycles. The van der Waals surface area contributed by atoms with Gasteiger partial charge in [0.15, 0.2) is 0 Å². The third-order valence-corrected chi connectivity index (χ3v) is 2.59. The summed E-state index contributed by atoms with van der Waals surface area (Å²) in [5.41, 5.74) is 0. The van der Waals surface area contributed by atoms with Gasteiger partial charge >= 0.3 is 5.97 Å². The lowest BCUT2D eigenvalue weighted by atomic mass is 10.1. The molecule has 1 heterocycles. The van der Waals surface area contributed by atoms with Crippen molar-refractivity contribution in [2.24, 2.45) is 0 Å². The number of esters is 1. The number of hydrogen-bond donors (Lipinski definition) is 0. The van der Waals surface area contributed by atoms with Crippen LogP contribution in [0.25, 0.3) is 0 Å². The molecule has 0 bridgehead atoms. The standard InChI is InChI=1S/C11H20N2O2/c1-12(2)10(9-11(14)15-3)13-7-5-4-6-8-13/h9H,4-8H2,1-3H3. The van der Waals surface area contributed by atoms with E-state index in [4.69, 9.17) is 0 Å². The van der Waals surface area contributed by atoms with Gasteiger partial charge in [0.1, 0.15) is 5.82 Å². The molecule has 0 radical (unpaired) electrons. The average molecular weight is 212 g/mol. The van der Waals surface area contributed by atoms with Gasteiger partial charge in [0.25, 0.3) is 0 Å². The second kappa shape index (κ2) is 5.63. The molecular weight excluding hydrogens is 192 g/mol. The van der Waals surface area contributed by atoms with E-state index in [1.54, 1.807) is 6.08 Å². The number of piperidine rings is 1. The van der Waals surface area contributed by atoms with E-state index in [1.165, 1.54) is 26.4 Å². The smallest absolute Gasteiger partial charge is 0.334 e. The van der Waals surface area contributed by atoms with Crippen LogP contribution in [0.3, 0.4) is 0 Å². The molecule has 0 spiro atoms. The molecule has 0 atom stereocenters. The maximum Gasteiger partial charge on any atom is 0.334 e. The van der Waals surface area contributed by atoms with Crippen LogP contribution in [0.4, 0.5) is 0 Å². The van der Waals surface area contributed by atoms with Gasteiger partial charge in [-0.2, -0.15) is 0 Å². The number of rotatable bonds is 3. The molecule has 0 saturated carbocycles. The highest BCUT2D eigenvalue weighted by atomic mass is 16.5. The molecule has 86 valence electrons. The molecule has 4 heteroatoms. The Morgan fingerprint density at radius 1 is 1.27 bits per heavy atom. The number of likely N-dealkylation sites (tertiary alicyclic amines) is 1. The molecule has 1 rings (SSSR count). The van der Waals surface area contributed by atoms with E-state index in [1.807, 2.05) is 19.0 Å². The molecule has 0 aromatic carbocycles. The summed E-state index contributed by atoms with van der Waals surface area (Å²) in [5.74, 6) is 0.658. The van der Waals surface area contributed by atoms with E-state index in [-0.39, 0.29) is 5.97 Å². The largest absolute Gasteiger partial charge is 0.466 e. The van der Waals surface area contributed by atoms with Gasteiger partial charge in [0, 0.05) is 27.2 Å². The summed E-state index contributed by atoms with van der Waals surface area (Å²) in [6.45, 7) is 2.06. The third-order valence-electron chi connectivity index (χ3n) is 2.59. The van der Waals surface area contributed by atoms with Gasteiger partial charge in [0.05, 0.1) is 13.2 Å². The second-order valence-corrected chi connectivity index (χ2v) is 3.97. The van der Waals surface area contributed by atoms with Gasteiger partial charge in [-0.05, 0) is 19.3 Å². The fourth-order valence-corrected chi connectivity index (χ4v) is 1.79. The summed E-state index contributed by atoms with van der Waals surface area (Å²) in [7, 11) is 5.30. The first-order valence-electron chi connectivity index (χ1n) is 5.37. The lowest BCUT2D eigenvalue weighted by molar-refractivity contribution is -0.135. The van der Waals surface area contributed by atoms with Crippen LogP contribution in [-0.4, -0.2) is 50.1 Å². The lowest BCUT2D eigenvalue weighted by Gasteiger charge is -2.34. The number of ether oxygens (including phenoxy) is 1. The van der Waals surface area contributed by atoms with E-state index < -0.39 is 0 Å². The fourth-order valence-electron chi connectivity index (χ4n) is 1.79. The molecular formula is C11H20N2O2. The van der Waals surface area contributed by atoms with Crippen molar-refractivity contribution < 1.29 is 9.53 Å². The molecule has 15 heavy (non-hydrogen) atoms. The molecule has 1 saturated heterocycles. The minimum Gasteiger partial charge on any atom is -0.466 e. The van der Waals surface area contributed by atoms with E-state index in [0.717, 1.165) is 18.9 Å². The van der Waals surface area contributed by atoms with E-state index in [0.29, 0.717) is 0 Å². The molecule has 0 N–H and O–H groups in total. The first kappa shape index (κ1) is 11.9. The molecule has 0 aromatic rings. The molecule has 0 aromatic heterocycles. The number of hydrogen-bond acceptors (Lipinski definition) is 4. The minimum absolute atomic E-state index is 0.288. The Balaban J connectivity index is 2.71. The second-order valence-electron chi connectivity index (χ2n) is 3.97. The summed E-state index contributed by atoms with van der Waals surface area (Å²) in [4.78, 5) is 15.4. The zero-order valence-electron chi connectivity index (χ0n) is 9.82. The molecule has 0 unspecified atom stereocenters. The average Bonchev–Trinajstić information content (AvgIpc) is 2.26. The van der Waals surface area contributed by atoms with Crippen LogP contribution in [-0.2, 0) is 9.53 Å². The number of carbonyl (C=O) groups is 1. The van der Waals surface area contributed by atoms with E-state index in [9.17, 15) is 4.79 Å². The zero-order valence-corrected chi connectivity index (χ0v) is 9.82. The Morgan fingerprint density at radius 2 is 1.87 bits per heavy atom. The molecule has 0 amide bonds. The summed E-state index contributed by atoms with van der Waals surface area (Å²) < 4.78 is 4.65. The summed E-state index contributed by atoms with van der Waals surface area (Å²) in [6, 6.07) is 0. The number of carbonyl (C=O) groups excluding carboxylic acids is 1. The van der Waals surface area contributed by atoms with Crippen molar-refractivity contribution >= 4 is 5.97 Å². The Hall–Kier alpha value is -1.19. The van der Waals surface area contributed by atoms with Crippen molar-refractivity contribution in [2.45, 2.75) is 19.3 Å². The van der Waals surface area contributed by atoms with Crippen LogP contribution in [0.5, 0.6) is 0 Å². The molecule has 1 fully saturated rings. The van der Waals surface area contributed by atoms with Gasteiger partial charge in [0.2, 0.25) is 0 Å². The summed E-state index contributed by atoms with van der Waals surface area (Å²) >= 11 is 0. The summed E-state index contributed by atoms with van der Waals surface area (Å²) in [5, 5.41) is 0. The maximum absolute atomic E-state index is 11.2. The number of methoxy groups -OCH3 is 1.